The molecule has 0 aliphatic rings. The van der Waals surface area contributed by atoms with E-state index >= 15 is 0 Å². The van der Waals surface area contributed by atoms with Crippen molar-refractivity contribution in [3.05, 3.63) is 67.8 Å². The number of aliphatic hydroxyl groups excluding tert-OH is 1. The minimum absolute atomic E-state index is 0.277. The quantitative estimate of drug-likeness (QED) is 0.612. The Kier molecular flexibility index (Phi) is 8.12. The maximum absolute atomic E-state index is 9.52. The molecule has 0 bridgehead atoms. The smallest absolute Gasteiger partial charge is 0.0790 e. The summed E-state index contributed by atoms with van der Waals surface area (Å²) in [6.07, 6.45) is 1.60. The van der Waals surface area contributed by atoms with Crippen LogP contribution in [0, 0.1) is 31.3 Å². The number of aliphatic hydroxyl groups is 1. The number of rotatable bonds is 3. The molecule has 1 N–H and O–H groups in total. The van der Waals surface area contributed by atoms with Gasteiger partial charge in [-0.3, -0.25) is 0 Å². The summed E-state index contributed by atoms with van der Waals surface area (Å²) in [5.41, 5.74) is 6.72. The van der Waals surface area contributed by atoms with Crippen molar-refractivity contribution in [2.45, 2.75) is 53.6 Å². The van der Waals surface area contributed by atoms with Crippen LogP contribution < -0.4 is 0 Å². The molecule has 2 aromatic carbocycles. The highest BCUT2D eigenvalue weighted by atomic mass is 127. The van der Waals surface area contributed by atoms with Crippen LogP contribution in [0.1, 0.15) is 53.7 Å². The Balaban J connectivity index is 0.000000220. The highest BCUT2D eigenvalue weighted by Crippen LogP contribution is 2.22. The lowest BCUT2D eigenvalue weighted by Crippen LogP contribution is -1.95. The lowest BCUT2D eigenvalue weighted by atomic mass is 10.0. The van der Waals surface area contributed by atoms with Gasteiger partial charge in [-0.1, -0.05) is 43.7 Å². The fourth-order valence-corrected chi connectivity index (χ4v) is 3.15. The highest BCUT2D eigenvalue weighted by molar-refractivity contribution is 14.1. The van der Waals surface area contributed by atoms with Crippen LogP contribution in [-0.2, 0) is 0 Å². The van der Waals surface area contributed by atoms with Crippen molar-refractivity contribution in [1.29, 1.82) is 0 Å². The minimum atomic E-state index is -0.277. The van der Waals surface area contributed by atoms with Crippen molar-refractivity contribution in [3.8, 4) is 0 Å². The maximum Gasteiger partial charge on any atom is 0.0790 e. The first-order valence-corrected chi connectivity index (χ1v) is 8.92. The highest BCUT2D eigenvalue weighted by Gasteiger charge is 2.04. The molecule has 0 amide bonds. The Hall–Kier alpha value is -0.870. The van der Waals surface area contributed by atoms with Crippen LogP contribution in [0.4, 0.5) is 0 Å². The van der Waals surface area contributed by atoms with Crippen molar-refractivity contribution in [2.24, 2.45) is 0 Å². The van der Waals surface area contributed by atoms with E-state index < -0.39 is 0 Å². The molecule has 2 aromatic rings. The van der Waals surface area contributed by atoms with Crippen molar-refractivity contribution in [2.75, 3.05) is 0 Å². The molecule has 0 aromatic heterocycles. The van der Waals surface area contributed by atoms with Gasteiger partial charge in [-0.2, -0.15) is 0 Å². The monoisotopic (exact) mass is 410 g/mol. The van der Waals surface area contributed by atoms with E-state index in [0.717, 1.165) is 18.4 Å². The van der Waals surface area contributed by atoms with Crippen molar-refractivity contribution >= 4 is 22.6 Å². The Bertz CT molecular complexity index is 564. The van der Waals surface area contributed by atoms with Crippen LogP contribution in [0.3, 0.4) is 0 Å². The van der Waals surface area contributed by atoms with Crippen molar-refractivity contribution in [3.63, 3.8) is 0 Å². The predicted octanol–water partition coefficient (Wildman–Crippen LogP) is 6.04. The van der Waals surface area contributed by atoms with Gasteiger partial charge in [-0.15, -0.1) is 0 Å². The molecule has 2 rings (SSSR count). The zero-order valence-corrected chi connectivity index (χ0v) is 16.4. The van der Waals surface area contributed by atoms with E-state index in [1.165, 1.54) is 25.8 Å². The van der Waals surface area contributed by atoms with Gasteiger partial charge in [0.25, 0.3) is 0 Å². The average molecular weight is 410 g/mol. The summed E-state index contributed by atoms with van der Waals surface area (Å²) >= 11 is 2.39. The van der Waals surface area contributed by atoms with E-state index in [1.54, 1.807) is 0 Å². The first-order chi connectivity index (χ1) is 10.4. The minimum Gasteiger partial charge on any atom is -0.388 e. The number of aryl methyl sites for hydroxylation is 1. The molecule has 2 heteroatoms. The molecule has 1 unspecified atom stereocenters. The van der Waals surface area contributed by atoms with E-state index in [1.807, 2.05) is 30.3 Å². The first kappa shape index (κ1) is 19.2. The third-order valence-electron chi connectivity index (χ3n) is 4.16. The largest absolute Gasteiger partial charge is 0.388 e. The molecule has 120 valence electrons. The van der Waals surface area contributed by atoms with Gasteiger partial charge < -0.3 is 5.11 Å². The molecular weight excluding hydrogens is 383 g/mol. The lowest BCUT2D eigenvalue weighted by Gasteiger charge is -2.09. The summed E-state index contributed by atoms with van der Waals surface area (Å²) in [6, 6.07) is 12.0. The molecule has 0 aliphatic carbocycles. The molecule has 1 nitrogen and oxygen atoms in total. The van der Waals surface area contributed by atoms with Crippen LogP contribution in [0.25, 0.3) is 0 Å². The van der Waals surface area contributed by atoms with Gasteiger partial charge in [0.1, 0.15) is 0 Å². The standard InChI is InChI=1S/C10H13I.C10H14O/c1-6-5-10(11)9(4)8(3)7(6)2;1-2-6-10(11)9-7-4-3-5-8-9/h5H,1-4H3;3-5,7-8,10-11H,2,6H2,1H3. The second-order valence-corrected chi connectivity index (χ2v) is 6.93. The molecule has 0 spiro atoms. The van der Waals surface area contributed by atoms with Gasteiger partial charge in [0, 0.05) is 3.57 Å². The van der Waals surface area contributed by atoms with Crippen LogP contribution in [0.15, 0.2) is 36.4 Å². The topological polar surface area (TPSA) is 20.2 Å². The van der Waals surface area contributed by atoms with Gasteiger partial charge in [-0.05, 0) is 90.6 Å². The predicted molar refractivity (Wildman–Crippen MR) is 104 cm³/mol. The van der Waals surface area contributed by atoms with Crippen molar-refractivity contribution in [1.82, 2.24) is 0 Å². The van der Waals surface area contributed by atoms with Crippen LogP contribution in [0.5, 0.6) is 0 Å². The molecule has 0 saturated heterocycles. The van der Waals surface area contributed by atoms with Gasteiger partial charge in [-0.25, -0.2) is 0 Å². The fourth-order valence-electron chi connectivity index (χ4n) is 2.28. The zero-order chi connectivity index (χ0) is 16.7. The molecular formula is C20H27IO. The second kappa shape index (κ2) is 9.31. The number of hydrogen-bond donors (Lipinski definition) is 1. The SMILES string of the molecule is CCCC(O)c1ccccc1.Cc1cc(I)c(C)c(C)c1C. The number of halogens is 1. The average Bonchev–Trinajstić information content (AvgIpc) is 2.53. The van der Waals surface area contributed by atoms with Crippen LogP contribution >= 0.6 is 22.6 Å². The molecule has 0 aliphatic heterocycles. The number of hydrogen-bond acceptors (Lipinski definition) is 1. The summed E-state index contributed by atoms with van der Waals surface area (Å²) in [6.45, 7) is 10.8. The normalized spacial score (nSPS) is 11.6. The van der Waals surface area contributed by atoms with E-state index in [0.29, 0.717) is 0 Å². The molecule has 1 atom stereocenters. The molecule has 0 heterocycles. The molecule has 0 radical (unpaired) electrons. The Morgan fingerprint density at radius 3 is 2.09 bits per heavy atom. The summed E-state index contributed by atoms with van der Waals surface area (Å²) in [5, 5.41) is 9.52. The Morgan fingerprint density at radius 2 is 1.55 bits per heavy atom. The van der Waals surface area contributed by atoms with Crippen LogP contribution in [-0.4, -0.2) is 5.11 Å². The van der Waals surface area contributed by atoms with Gasteiger partial charge in [0.2, 0.25) is 0 Å². The van der Waals surface area contributed by atoms with E-state index in [2.05, 4.69) is 63.3 Å². The fraction of sp³-hybridized carbons (Fsp3) is 0.400. The molecule has 0 fully saturated rings. The summed E-state index contributed by atoms with van der Waals surface area (Å²) < 4.78 is 1.38. The molecule has 22 heavy (non-hydrogen) atoms. The van der Waals surface area contributed by atoms with Gasteiger partial charge >= 0.3 is 0 Å². The first-order valence-electron chi connectivity index (χ1n) is 7.84. The van der Waals surface area contributed by atoms with E-state index in [-0.39, 0.29) is 6.10 Å². The Labute approximate surface area is 148 Å². The van der Waals surface area contributed by atoms with Gasteiger partial charge in [0.05, 0.1) is 6.10 Å². The van der Waals surface area contributed by atoms with E-state index in [4.69, 9.17) is 0 Å². The summed E-state index contributed by atoms with van der Waals surface area (Å²) in [5.74, 6) is 0. The third-order valence-corrected chi connectivity index (χ3v) is 5.28. The summed E-state index contributed by atoms with van der Waals surface area (Å²) in [4.78, 5) is 0. The zero-order valence-electron chi connectivity index (χ0n) is 14.3. The lowest BCUT2D eigenvalue weighted by molar-refractivity contribution is 0.166. The van der Waals surface area contributed by atoms with Crippen molar-refractivity contribution < 1.29 is 5.11 Å². The maximum atomic E-state index is 9.52. The second-order valence-electron chi connectivity index (χ2n) is 5.77. The third kappa shape index (κ3) is 5.40. The summed E-state index contributed by atoms with van der Waals surface area (Å²) in [7, 11) is 0. The molecule has 0 saturated carbocycles. The number of benzene rings is 2. The van der Waals surface area contributed by atoms with E-state index in [9.17, 15) is 5.11 Å². The van der Waals surface area contributed by atoms with Gasteiger partial charge in [0.15, 0.2) is 0 Å². The van der Waals surface area contributed by atoms with Crippen LogP contribution in [0.2, 0.25) is 0 Å². The Morgan fingerprint density at radius 1 is 0.955 bits per heavy atom.